The second-order valence-corrected chi connectivity index (χ2v) is 15.6. The number of carbonyl (C=O) groups excluding carboxylic acids is 8. The van der Waals surface area contributed by atoms with Crippen molar-refractivity contribution in [2.75, 3.05) is 38.5 Å². The molecule has 22 heteroatoms. The van der Waals surface area contributed by atoms with Gasteiger partial charge in [0.25, 0.3) is 11.8 Å². The van der Waals surface area contributed by atoms with Gasteiger partial charge in [-0.05, 0) is 65.4 Å². The lowest BCUT2D eigenvalue weighted by Gasteiger charge is -2.27. The Balaban J connectivity index is 0.000000316. The van der Waals surface area contributed by atoms with Crippen molar-refractivity contribution in [3.8, 4) is 11.1 Å². The highest BCUT2D eigenvalue weighted by molar-refractivity contribution is 6.25. The Morgan fingerprint density at radius 2 is 1.69 bits per heavy atom. The van der Waals surface area contributed by atoms with Crippen LogP contribution in [-0.4, -0.2) is 118 Å². The standard InChI is InChI=1S/C31H30FN7O6.C13H14F4N2O2.C2H6/c32-22-12-24(35-16-40)19-6-5-17(11-21(19)22)18-13-36-38(14-18)15-27(42)34-10-2-9-33-23-4-1-3-20-28(23)31(45)39(30(20)44)25-7-8-26(41)37-29(25)43;1-18(9-20)7-12(21)19(8-13(15,16)17)6-10-2-4-11(14)5-3-10;1-2/h1,3-6,11,13-14,16,22,24-25,33H,2,7-10,12,15H2,(H,34,42)(H,35,40)(H,37,41,43);2-5,9H,6-8H2,1H3;1-2H3/t22-,24+,25?;;/m1../s1. The molecule has 68 heavy (non-hydrogen) atoms. The summed E-state index contributed by atoms with van der Waals surface area (Å²) in [6.07, 6.45) is -0.672. The molecule has 1 fully saturated rings. The molecule has 0 saturated carbocycles. The Bertz CT molecular complexity index is 2500. The van der Waals surface area contributed by atoms with Crippen molar-refractivity contribution in [3.63, 3.8) is 0 Å². The number of hydrogen-bond donors (Lipinski definition) is 4. The lowest BCUT2D eigenvalue weighted by molar-refractivity contribution is -0.163. The first-order valence-corrected chi connectivity index (χ1v) is 21.6. The molecule has 4 N–H and O–H groups in total. The van der Waals surface area contributed by atoms with Gasteiger partial charge >= 0.3 is 6.18 Å². The van der Waals surface area contributed by atoms with Crippen LogP contribution in [0.15, 0.2) is 73.1 Å². The summed E-state index contributed by atoms with van der Waals surface area (Å²) in [6.45, 7) is 2.50. The minimum atomic E-state index is -4.56. The van der Waals surface area contributed by atoms with Gasteiger partial charge in [-0.15, -0.1) is 0 Å². The van der Waals surface area contributed by atoms with Crippen LogP contribution in [-0.2, 0) is 41.9 Å². The molecule has 8 amide bonds. The van der Waals surface area contributed by atoms with Crippen LogP contribution in [0.4, 0.5) is 27.6 Å². The summed E-state index contributed by atoms with van der Waals surface area (Å²) in [5, 5.41) is 15.0. The number of aromatic nitrogens is 2. The Hall–Kier alpha value is -7.52. The van der Waals surface area contributed by atoms with Crippen molar-refractivity contribution in [1.29, 1.82) is 0 Å². The number of likely N-dealkylation sites (N-methyl/N-ethyl adjacent to an activating group) is 1. The maximum atomic E-state index is 14.5. The summed E-state index contributed by atoms with van der Waals surface area (Å²) < 4.78 is 66.3. The summed E-state index contributed by atoms with van der Waals surface area (Å²) in [5.74, 6) is -3.90. The van der Waals surface area contributed by atoms with Crippen LogP contribution in [0, 0.1) is 5.82 Å². The van der Waals surface area contributed by atoms with Crippen LogP contribution in [0.25, 0.3) is 11.1 Å². The summed E-state index contributed by atoms with van der Waals surface area (Å²) >= 11 is 0. The average Bonchev–Trinajstić information content (AvgIpc) is 3.97. The molecule has 1 aliphatic carbocycles. The van der Waals surface area contributed by atoms with E-state index in [2.05, 4.69) is 26.4 Å². The number of piperidine rings is 1. The number of alkyl halides is 4. The highest BCUT2D eigenvalue weighted by atomic mass is 19.4. The fourth-order valence-electron chi connectivity index (χ4n) is 7.66. The average molecular weight is 952 g/mol. The summed E-state index contributed by atoms with van der Waals surface area (Å²) in [4.78, 5) is 98.1. The number of carbonyl (C=O) groups is 8. The Labute approximate surface area is 387 Å². The molecule has 1 aromatic heterocycles. The van der Waals surface area contributed by atoms with E-state index in [1.54, 1.807) is 36.7 Å². The van der Waals surface area contributed by atoms with Crippen LogP contribution in [0.3, 0.4) is 0 Å². The van der Waals surface area contributed by atoms with E-state index >= 15 is 0 Å². The number of rotatable bonds is 17. The van der Waals surface area contributed by atoms with Crippen molar-refractivity contribution in [1.82, 2.24) is 40.4 Å². The lowest BCUT2D eigenvalue weighted by atomic mass is 10.0. The van der Waals surface area contributed by atoms with Crippen molar-refractivity contribution < 1.29 is 60.3 Å². The molecule has 2 aliphatic heterocycles. The maximum absolute atomic E-state index is 14.5. The van der Waals surface area contributed by atoms with E-state index in [9.17, 15) is 60.3 Å². The van der Waals surface area contributed by atoms with Gasteiger partial charge in [-0.2, -0.15) is 18.3 Å². The highest BCUT2D eigenvalue weighted by Gasteiger charge is 2.45. The van der Waals surface area contributed by atoms with Crippen molar-refractivity contribution in [2.24, 2.45) is 0 Å². The number of imide groups is 2. The predicted octanol–water partition coefficient (Wildman–Crippen LogP) is 4.60. The molecule has 3 aliphatic rings. The van der Waals surface area contributed by atoms with Gasteiger partial charge in [0, 0.05) is 57.0 Å². The van der Waals surface area contributed by atoms with Crippen LogP contribution < -0.4 is 21.3 Å². The van der Waals surface area contributed by atoms with Crippen molar-refractivity contribution in [2.45, 2.75) is 77.1 Å². The molecule has 362 valence electrons. The van der Waals surface area contributed by atoms with Crippen LogP contribution >= 0.6 is 0 Å². The third kappa shape index (κ3) is 13.1. The maximum Gasteiger partial charge on any atom is 0.406 e. The summed E-state index contributed by atoms with van der Waals surface area (Å²) in [6, 6.07) is 13.6. The van der Waals surface area contributed by atoms with Gasteiger partial charge in [-0.3, -0.25) is 53.3 Å². The fourth-order valence-corrected chi connectivity index (χ4v) is 7.66. The highest BCUT2D eigenvalue weighted by Crippen LogP contribution is 2.42. The molecule has 17 nitrogen and oxygen atoms in total. The van der Waals surface area contributed by atoms with Gasteiger partial charge in [0.15, 0.2) is 0 Å². The third-order valence-electron chi connectivity index (χ3n) is 10.8. The van der Waals surface area contributed by atoms with E-state index in [0.717, 1.165) is 38.6 Å². The van der Waals surface area contributed by atoms with E-state index in [4.69, 9.17) is 0 Å². The Kier molecular flexibility index (Phi) is 17.6. The zero-order chi connectivity index (χ0) is 49.7. The fraction of sp³-hybridized carbons (Fsp3) is 0.370. The quantitative estimate of drug-likeness (QED) is 0.0500. The topological polar surface area (TPSA) is 212 Å². The minimum absolute atomic E-state index is 0.0194. The first kappa shape index (κ1) is 51.5. The zero-order valence-electron chi connectivity index (χ0n) is 37.3. The van der Waals surface area contributed by atoms with Gasteiger partial charge in [0.1, 0.15) is 31.1 Å². The van der Waals surface area contributed by atoms with Crippen LogP contribution in [0.5, 0.6) is 0 Å². The van der Waals surface area contributed by atoms with Crippen molar-refractivity contribution >= 4 is 54.0 Å². The number of nitrogens with zero attached hydrogens (tertiary/aromatic N) is 5. The molecule has 0 spiro atoms. The van der Waals surface area contributed by atoms with Gasteiger partial charge in [0.2, 0.25) is 36.4 Å². The predicted molar refractivity (Wildman–Crippen MR) is 235 cm³/mol. The second-order valence-electron chi connectivity index (χ2n) is 15.6. The van der Waals surface area contributed by atoms with Gasteiger partial charge in [-0.25, -0.2) is 8.78 Å². The van der Waals surface area contributed by atoms with Crippen LogP contribution in [0.1, 0.15) is 89.2 Å². The molecule has 3 aromatic carbocycles. The van der Waals surface area contributed by atoms with Crippen molar-refractivity contribution in [3.05, 3.63) is 107 Å². The monoisotopic (exact) mass is 951 g/mol. The third-order valence-corrected chi connectivity index (χ3v) is 10.8. The number of halogens is 5. The Morgan fingerprint density at radius 1 is 0.956 bits per heavy atom. The largest absolute Gasteiger partial charge is 0.406 e. The number of nitrogens with one attached hydrogen (secondary N) is 4. The number of amides is 8. The van der Waals surface area contributed by atoms with E-state index in [0.29, 0.717) is 54.0 Å². The normalized spacial score (nSPS) is 17.1. The lowest BCUT2D eigenvalue weighted by Crippen LogP contribution is -2.54. The van der Waals surface area contributed by atoms with E-state index in [1.165, 1.54) is 29.9 Å². The van der Waals surface area contributed by atoms with Gasteiger partial charge < -0.3 is 25.8 Å². The number of anilines is 1. The number of fused-ring (bicyclic) bond motifs is 2. The smallest absolute Gasteiger partial charge is 0.384 e. The molecular formula is C46H50F5N9O8. The molecule has 4 aromatic rings. The molecule has 0 radical (unpaired) electrons. The Morgan fingerprint density at radius 3 is 2.37 bits per heavy atom. The first-order chi connectivity index (χ1) is 32.5. The minimum Gasteiger partial charge on any atom is -0.384 e. The molecule has 3 atom stereocenters. The zero-order valence-corrected chi connectivity index (χ0v) is 37.3. The molecule has 0 bridgehead atoms. The van der Waals surface area contributed by atoms with Crippen LogP contribution in [0.2, 0.25) is 0 Å². The molecule has 1 saturated heterocycles. The number of hydrogen-bond acceptors (Lipinski definition) is 10. The molecule has 7 rings (SSSR count). The number of benzene rings is 3. The molecule has 3 heterocycles. The summed E-state index contributed by atoms with van der Waals surface area (Å²) in [5.41, 5.74) is 3.94. The summed E-state index contributed by atoms with van der Waals surface area (Å²) in [7, 11) is 1.29. The van der Waals surface area contributed by atoms with E-state index in [-0.39, 0.29) is 55.4 Å². The van der Waals surface area contributed by atoms with Gasteiger partial charge in [0.05, 0.1) is 29.9 Å². The second kappa shape index (κ2) is 23.3. The molecule has 1 unspecified atom stereocenters. The molecular weight excluding hydrogens is 902 g/mol. The van der Waals surface area contributed by atoms with E-state index in [1.807, 2.05) is 19.9 Å². The van der Waals surface area contributed by atoms with E-state index < -0.39 is 66.8 Å². The first-order valence-electron chi connectivity index (χ1n) is 21.6. The van der Waals surface area contributed by atoms with Gasteiger partial charge in [-0.1, -0.05) is 44.2 Å². The SMILES string of the molecule is CC.CN(C=O)CC(=O)N(Cc1ccc(F)cc1)CC(F)(F)F.O=CN[C@H]1C[C@@H](F)c2cc(-c3cnn(CC(=O)NCCCNc4cccc5c4C(=O)N(C4CCC(=O)NC4=O)C5=O)c3)ccc21.